The zero-order valence-electron chi connectivity index (χ0n) is 12.2. The van der Waals surface area contributed by atoms with Gasteiger partial charge in [-0.1, -0.05) is 12.2 Å². The Kier molecular flexibility index (Phi) is 5.38. The highest BCUT2D eigenvalue weighted by Crippen LogP contribution is 2.28. The van der Waals surface area contributed by atoms with Crippen molar-refractivity contribution in [2.75, 3.05) is 0 Å². The van der Waals surface area contributed by atoms with Crippen molar-refractivity contribution < 1.29 is 4.79 Å². The normalized spacial score (nSPS) is 20.9. The van der Waals surface area contributed by atoms with Crippen LogP contribution in [0.4, 0.5) is 0 Å². The van der Waals surface area contributed by atoms with Gasteiger partial charge in [-0.05, 0) is 50.5 Å². The monoisotopic (exact) mass is 271 g/mol. The second-order valence-corrected chi connectivity index (χ2v) is 4.87. The molecule has 0 atom stereocenters. The quantitative estimate of drug-likeness (QED) is 0.416. The van der Waals surface area contributed by atoms with Crippen LogP contribution in [-0.2, 0) is 4.79 Å². The molecular weight excluding hydrogens is 250 g/mol. The first kappa shape index (κ1) is 15.8. The summed E-state index contributed by atoms with van der Waals surface area (Å²) in [5.41, 5.74) is 8.63. The molecule has 20 heavy (non-hydrogen) atoms. The standard InChI is InChI=1S/C16H21N3O/c1-4-5-10(2)8-13(18)14(19)9-12-6-7-15(20)16(12)11(3)17/h4-5,8-9,18-19H,6-7,17H2,1-3H3/b5-4-,10-8-,12-9-,16-11-,18-13?,19-14?. The summed E-state index contributed by atoms with van der Waals surface area (Å²) in [4.78, 5) is 11.7. The molecule has 1 saturated carbocycles. The van der Waals surface area contributed by atoms with E-state index in [2.05, 4.69) is 0 Å². The molecule has 0 spiro atoms. The Morgan fingerprint density at radius 1 is 1.20 bits per heavy atom. The number of hydrogen-bond donors (Lipinski definition) is 3. The summed E-state index contributed by atoms with van der Waals surface area (Å²) in [6.07, 6.45) is 8.01. The molecule has 4 heteroatoms. The lowest BCUT2D eigenvalue weighted by molar-refractivity contribution is -0.114. The van der Waals surface area contributed by atoms with Gasteiger partial charge in [0.05, 0.1) is 11.4 Å². The lowest BCUT2D eigenvalue weighted by Crippen LogP contribution is -2.09. The maximum atomic E-state index is 11.7. The minimum Gasteiger partial charge on any atom is -0.402 e. The van der Waals surface area contributed by atoms with Crippen LogP contribution in [0.15, 0.2) is 46.7 Å². The van der Waals surface area contributed by atoms with E-state index in [1.54, 1.807) is 19.1 Å². The van der Waals surface area contributed by atoms with Crippen molar-refractivity contribution in [2.24, 2.45) is 5.73 Å². The molecule has 0 aromatic heterocycles. The van der Waals surface area contributed by atoms with Gasteiger partial charge in [0.15, 0.2) is 5.78 Å². The van der Waals surface area contributed by atoms with E-state index in [9.17, 15) is 4.79 Å². The van der Waals surface area contributed by atoms with E-state index in [0.717, 1.165) is 11.1 Å². The maximum Gasteiger partial charge on any atom is 0.165 e. The molecule has 106 valence electrons. The Labute approximate surface area is 119 Å². The van der Waals surface area contributed by atoms with Crippen LogP contribution in [0.1, 0.15) is 33.6 Å². The van der Waals surface area contributed by atoms with E-state index in [-0.39, 0.29) is 17.2 Å². The molecular formula is C16H21N3O. The topological polar surface area (TPSA) is 90.8 Å². The minimum absolute atomic E-state index is 0.0243. The molecule has 1 rings (SSSR count). The van der Waals surface area contributed by atoms with Crippen molar-refractivity contribution in [1.82, 2.24) is 0 Å². The molecule has 4 nitrogen and oxygen atoms in total. The highest BCUT2D eigenvalue weighted by atomic mass is 16.1. The SMILES string of the molecule is C/C=C\C(C)=C/C(=N)C(=N)/C=C1/CCC(=O)/C1=C(/C)N. The van der Waals surface area contributed by atoms with Crippen LogP contribution in [0, 0.1) is 10.8 Å². The number of carbonyl (C=O) groups is 1. The van der Waals surface area contributed by atoms with Crippen molar-refractivity contribution in [3.63, 3.8) is 0 Å². The average molecular weight is 271 g/mol. The first-order valence-electron chi connectivity index (χ1n) is 6.55. The summed E-state index contributed by atoms with van der Waals surface area (Å²) in [5, 5.41) is 15.8. The smallest absolute Gasteiger partial charge is 0.165 e. The molecule has 0 aliphatic heterocycles. The van der Waals surface area contributed by atoms with Crippen LogP contribution >= 0.6 is 0 Å². The van der Waals surface area contributed by atoms with E-state index in [0.29, 0.717) is 24.1 Å². The summed E-state index contributed by atoms with van der Waals surface area (Å²) in [6, 6.07) is 0. The second-order valence-electron chi connectivity index (χ2n) is 4.87. The summed E-state index contributed by atoms with van der Waals surface area (Å²) < 4.78 is 0. The molecule has 0 amide bonds. The van der Waals surface area contributed by atoms with Crippen LogP contribution in [0.3, 0.4) is 0 Å². The Balaban J connectivity index is 2.98. The number of hydrogen-bond acceptors (Lipinski definition) is 4. The summed E-state index contributed by atoms with van der Waals surface area (Å²) in [7, 11) is 0. The van der Waals surface area contributed by atoms with Crippen molar-refractivity contribution in [2.45, 2.75) is 33.6 Å². The van der Waals surface area contributed by atoms with Gasteiger partial charge in [0.1, 0.15) is 0 Å². The van der Waals surface area contributed by atoms with Gasteiger partial charge < -0.3 is 5.73 Å². The van der Waals surface area contributed by atoms with Gasteiger partial charge in [0.25, 0.3) is 0 Å². The molecule has 1 aliphatic carbocycles. The van der Waals surface area contributed by atoms with Crippen molar-refractivity contribution >= 4 is 17.2 Å². The lowest BCUT2D eigenvalue weighted by Gasteiger charge is -2.03. The summed E-state index contributed by atoms with van der Waals surface area (Å²) in [5.74, 6) is 0.0243. The minimum atomic E-state index is 0.0243. The van der Waals surface area contributed by atoms with E-state index in [4.69, 9.17) is 16.6 Å². The Bertz CT molecular complexity index is 571. The summed E-state index contributed by atoms with van der Waals surface area (Å²) >= 11 is 0. The first-order valence-corrected chi connectivity index (χ1v) is 6.55. The van der Waals surface area contributed by atoms with Crippen LogP contribution < -0.4 is 5.73 Å². The number of ketones is 1. The van der Waals surface area contributed by atoms with Gasteiger partial charge >= 0.3 is 0 Å². The van der Waals surface area contributed by atoms with Gasteiger partial charge in [-0.25, -0.2) is 0 Å². The van der Waals surface area contributed by atoms with Gasteiger partial charge in [-0.2, -0.15) is 0 Å². The fourth-order valence-corrected chi connectivity index (χ4v) is 2.16. The highest BCUT2D eigenvalue weighted by Gasteiger charge is 2.24. The third-order valence-electron chi connectivity index (χ3n) is 3.03. The molecule has 0 heterocycles. The van der Waals surface area contributed by atoms with Crippen LogP contribution in [0.5, 0.6) is 0 Å². The maximum absolute atomic E-state index is 11.7. The third kappa shape index (κ3) is 3.88. The highest BCUT2D eigenvalue weighted by molar-refractivity contribution is 6.48. The zero-order valence-corrected chi connectivity index (χ0v) is 12.2. The Hall–Kier alpha value is -2.23. The lowest BCUT2D eigenvalue weighted by atomic mass is 10.0. The van der Waals surface area contributed by atoms with Crippen LogP contribution in [-0.4, -0.2) is 17.2 Å². The zero-order chi connectivity index (χ0) is 15.3. The van der Waals surface area contributed by atoms with E-state index in [1.807, 2.05) is 26.0 Å². The number of rotatable bonds is 4. The van der Waals surface area contributed by atoms with Gasteiger partial charge in [0, 0.05) is 17.7 Å². The average Bonchev–Trinajstić information content (AvgIpc) is 2.70. The molecule has 1 aliphatic rings. The van der Waals surface area contributed by atoms with Gasteiger partial charge in [0.2, 0.25) is 0 Å². The molecule has 0 saturated heterocycles. The fourth-order valence-electron chi connectivity index (χ4n) is 2.16. The molecule has 0 aromatic rings. The van der Waals surface area contributed by atoms with E-state index >= 15 is 0 Å². The molecule has 1 fully saturated rings. The summed E-state index contributed by atoms with van der Waals surface area (Å²) in [6.45, 7) is 5.47. The number of nitrogens with one attached hydrogen (secondary N) is 2. The van der Waals surface area contributed by atoms with Crippen molar-refractivity contribution in [1.29, 1.82) is 10.8 Å². The predicted octanol–water partition coefficient (Wildman–Crippen LogP) is 3.07. The number of carbonyl (C=O) groups excluding carboxylic acids is 1. The molecule has 0 aromatic carbocycles. The molecule has 0 radical (unpaired) electrons. The fraction of sp³-hybridized carbons (Fsp3) is 0.312. The predicted molar refractivity (Wildman–Crippen MR) is 83.2 cm³/mol. The molecule has 0 bridgehead atoms. The van der Waals surface area contributed by atoms with Crippen molar-refractivity contribution in [3.8, 4) is 0 Å². The Morgan fingerprint density at radius 3 is 2.40 bits per heavy atom. The largest absolute Gasteiger partial charge is 0.402 e. The van der Waals surface area contributed by atoms with Crippen LogP contribution in [0.25, 0.3) is 0 Å². The molecule has 4 N–H and O–H groups in total. The number of Topliss-reactive ketones (excluding diaryl/α,β-unsaturated/α-hetero) is 1. The second kappa shape index (κ2) is 6.80. The van der Waals surface area contributed by atoms with E-state index < -0.39 is 0 Å². The molecule has 0 unspecified atom stereocenters. The third-order valence-corrected chi connectivity index (χ3v) is 3.03. The van der Waals surface area contributed by atoms with Crippen molar-refractivity contribution in [3.05, 3.63) is 46.7 Å². The van der Waals surface area contributed by atoms with E-state index in [1.165, 1.54) is 0 Å². The van der Waals surface area contributed by atoms with Gasteiger partial charge in [-0.15, -0.1) is 0 Å². The van der Waals surface area contributed by atoms with Gasteiger partial charge in [-0.3, -0.25) is 15.6 Å². The number of nitrogens with two attached hydrogens (primary N) is 1. The first-order chi connectivity index (χ1) is 9.36. The Morgan fingerprint density at radius 2 is 1.85 bits per heavy atom. The number of allylic oxidation sites excluding steroid dienone is 8. The van der Waals surface area contributed by atoms with Crippen LogP contribution in [0.2, 0.25) is 0 Å².